The van der Waals surface area contributed by atoms with Crippen molar-refractivity contribution in [2.75, 3.05) is 0 Å². The summed E-state index contributed by atoms with van der Waals surface area (Å²) >= 11 is 0. The van der Waals surface area contributed by atoms with E-state index in [2.05, 4.69) is 40.1 Å². The molecule has 6 heterocycles. The lowest BCUT2D eigenvalue weighted by atomic mass is 10.1. The molecule has 6 aromatic rings. The third kappa shape index (κ3) is 2.60. The summed E-state index contributed by atoms with van der Waals surface area (Å²) in [6, 6.07) is 7.69. The Morgan fingerprint density at radius 3 is 2.57 bits per heavy atom. The predicted octanol–water partition coefficient (Wildman–Crippen LogP) is 3.42. The average molecular weight is 391 g/mol. The first-order valence-corrected chi connectivity index (χ1v) is 9.23. The van der Waals surface area contributed by atoms with Crippen LogP contribution in [0.15, 0.2) is 67.6 Å². The number of imidazole rings is 1. The van der Waals surface area contributed by atoms with E-state index in [9.17, 15) is 0 Å². The van der Waals surface area contributed by atoms with Gasteiger partial charge in [0.05, 0.1) is 41.0 Å². The highest BCUT2D eigenvalue weighted by molar-refractivity contribution is 5.96. The number of nitrogens with one attached hydrogen (secondary N) is 2. The molecule has 0 bridgehead atoms. The topological polar surface area (TPSA) is 122 Å². The summed E-state index contributed by atoms with van der Waals surface area (Å²) < 4.78 is 0. The van der Waals surface area contributed by atoms with E-state index in [0.29, 0.717) is 22.9 Å². The minimum absolute atomic E-state index is 0.637. The molecule has 30 heavy (non-hydrogen) atoms. The van der Waals surface area contributed by atoms with E-state index in [4.69, 9.17) is 4.98 Å². The second-order valence-corrected chi connectivity index (χ2v) is 6.66. The molecule has 2 N–H and O–H groups in total. The van der Waals surface area contributed by atoms with E-state index < -0.39 is 0 Å². The molecule has 0 radical (unpaired) electrons. The predicted molar refractivity (Wildman–Crippen MR) is 111 cm³/mol. The molecule has 6 aromatic heterocycles. The Labute approximate surface area is 169 Å². The Balaban J connectivity index is 1.52. The van der Waals surface area contributed by atoms with Crippen molar-refractivity contribution in [3.05, 3.63) is 67.6 Å². The molecule has 0 aromatic carbocycles. The molecule has 0 amide bonds. The van der Waals surface area contributed by atoms with Crippen LogP contribution in [0.25, 0.3) is 56.1 Å². The first kappa shape index (κ1) is 16.4. The second kappa shape index (κ2) is 6.52. The monoisotopic (exact) mass is 391 g/mol. The van der Waals surface area contributed by atoms with Crippen molar-refractivity contribution in [2.24, 2.45) is 0 Å². The minimum Gasteiger partial charge on any atom is -0.335 e. The van der Waals surface area contributed by atoms with Gasteiger partial charge in [-0.15, -0.1) is 0 Å². The van der Waals surface area contributed by atoms with Crippen LogP contribution in [-0.4, -0.2) is 45.1 Å². The molecule has 0 aliphatic rings. The van der Waals surface area contributed by atoms with Crippen LogP contribution in [0.4, 0.5) is 0 Å². The van der Waals surface area contributed by atoms with Gasteiger partial charge >= 0.3 is 0 Å². The van der Waals surface area contributed by atoms with Gasteiger partial charge in [0.2, 0.25) is 0 Å². The van der Waals surface area contributed by atoms with E-state index in [-0.39, 0.29) is 0 Å². The van der Waals surface area contributed by atoms with Gasteiger partial charge < -0.3 is 4.98 Å². The van der Waals surface area contributed by atoms with Crippen LogP contribution in [0.1, 0.15) is 0 Å². The molecule has 0 aliphatic heterocycles. The van der Waals surface area contributed by atoms with Crippen molar-refractivity contribution in [2.45, 2.75) is 0 Å². The lowest BCUT2D eigenvalue weighted by Crippen LogP contribution is -1.88. The summed E-state index contributed by atoms with van der Waals surface area (Å²) in [6.45, 7) is 0. The number of nitrogens with zero attached hydrogens (tertiary/aromatic N) is 7. The van der Waals surface area contributed by atoms with Gasteiger partial charge in [0, 0.05) is 35.7 Å². The zero-order valence-corrected chi connectivity index (χ0v) is 15.5. The largest absolute Gasteiger partial charge is 0.335 e. The van der Waals surface area contributed by atoms with Gasteiger partial charge in [-0.25, -0.2) is 4.98 Å². The molecule has 9 nitrogen and oxygen atoms in total. The molecule has 0 saturated carbocycles. The smallest absolute Gasteiger partial charge is 0.159 e. The van der Waals surface area contributed by atoms with E-state index in [1.807, 2.05) is 24.3 Å². The Morgan fingerprint density at radius 1 is 0.733 bits per heavy atom. The van der Waals surface area contributed by atoms with Gasteiger partial charge in [0.15, 0.2) is 5.82 Å². The molecule has 0 unspecified atom stereocenters. The highest BCUT2D eigenvalue weighted by atomic mass is 15.1. The summed E-state index contributed by atoms with van der Waals surface area (Å²) in [5.41, 5.74) is 6.18. The molecule has 0 spiro atoms. The molecule has 9 heteroatoms. The summed E-state index contributed by atoms with van der Waals surface area (Å²) in [6.07, 6.45) is 12.0. The van der Waals surface area contributed by atoms with Gasteiger partial charge in [-0.2, -0.15) is 5.10 Å². The van der Waals surface area contributed by atoms with Crippen molar-refractivity contribution >= 4 is 21.9 Å². The zero-order chi connectivity index (χ0) is 19.9. The van der Waals surface area contributed by atoms with Crippen LogP contribution in [0.2, 0.25) is 0 Å². The Kier molecular flexibility index (Phi) is 3.57. The number of aromatic amines is 2. The van der Waals surface area contributed by atoms with Crippen LogP contribution in [0.5, 0.6) is 0 Å². The second-order valence-electron chi connectivity index (χ2n) is 6.66. The lowest BCUT2D eigenvalue weighted by molar-refractivity contribution is 1.10. The fourth-order valence-corrected chi connectivity index (χ4v) is 3.42. The molecule has 0 fully saturated rings. The molecule has 0 aliphatic carbocycles. The van der Waals surface area contributed by atoms with Crippen LogP contribution >= 0.6 is 0 Å². The van der Waals surface area contributed by atoms with Gasteiger partial charge in [0.25, 0.3) is 0 Å². The van der Waals surface area contributed by atoms with Crippen molar-refractivity contribution in [1.29, 1.82) is 0 Å². The average Bonchev–Trinajstić information content (AvgIpc) is 3.43. The van der Waals surface area contributed by atoms with Crippen molar-refractivity contribution in [3.8, 4) is 34.2 Å². The Morgan fingerprint density at radius 2 is 1.70 bits per heavy atom. The van der Waals surface area contributed by atoms with E-state index in [1.165, 1.54) is 0 Å². The highest BCUT2D eigenvalue weighted by Crippen LogP contribution is 2.31. The van der Waals surface area contributed by atoms with E-state index in [1.54, 1.807) is 43.4 Å². The number of fused-ring (bicyclic) bond motifs is 2. The van der Waals surface area contributed by atoms with Crippen LogP contribution in [0.3, 0.4) is 0 Å². The quantitative estimate of drug-likeness (QED) is 0.474. The molecule has 0 atom stereocenters. The van der Waals surface area contributed by atoms with Crippen molar-refractivity contribution < 1.29 is 0 Å². The minimum atomic E-state index is 0.637. The molecule has 6 rings (SSSR count). The van der Waals surface area contributed by atoms with Crippen LogP contribution in [0, 0.1) is 0 Å². The number of hydrogen-bond donors (Lipinski definition) is 2. The lowest BCUT2D eigenvalue weighted by Gasteiger charge is -2.00. The number of pyridine rings is 3. The molecular weight excluding hydrogens is 378 g/mol. The van der Waals surface area contributed by atoms with Crippen LogP contribution in [-0.2, 0) is 0 Å². The van der Waals surface area contributed by atoms with Gasteiger partial charge in [-0.3, -0.25) is 30.0 Å². The Bertz CT molecular complexity index is 1490. The molecular formula is C21H13N9. The normalized spacial score (nSPS) is 11.3. The summed E-state index contributed by atoms with van der Waals surface area (Å²) in [7, 11) is 0. The maximum absolute atomic E-state index is 4.82. The first-order chi connectivity index (χ1) is 14.9. The fourth-order valence-electron chi connectivity index (χ4n) is 3.42. The standard InChI is InChI=1S/C21H13N9/c1-2-4-24-14(3-1)13-8-23-10-18-19(13)28-21(27-18)20-12-7-15(17-9-22-5-6-25-17)26-11-16(12)29-30-20/h1-11H,(H,27,28)(H,29,30). The van der Waals surface area contributed by atoms with Gasteiger partial charge in [-0.1, -0.05) is 6.07 Å². The third-order valence-corrected chi connectivity index (χ3v) is 4.83. The van der Waals surface area contributed by atoms with Crippen molar-refractivity contribution in [1.82, 2.24) is 45.1 Å². The number of hydrogen-bond acceptors (Lipinski definition) is 7. The molecule has 142 valence electrons. The van der Waals surface area contributed by atoms with Crippen molar-refractivity contribution in [3.63, 3.8) is 0 Å². The van der Waals surface area contributed by atoms with Crippen LogP contribution < -0.4 is 0 Å². The van der Waals surface area contributed by atoms with Gasteiger partial charge in [0.1, 0.15) is 16.9 Å². The number of aromatic nitrogens is 9. The van der Waals surface area contributed by atoms with E-state index in [0.717, 1.165) is 33.2 Å². The zero-order valence-electron chi connectivity index (χ0n) is 15.5. The first-order valence-electron chi connectivity index (χ1n) is 9.23. The summed E-state index contributed by atoms with van der Waals surface area (Å²) in [5.74, 6) is 0.637. The Hall–Kier alpha value is -4.53. The van der Waals surface area contributed by atoms with E-state index >= 15 is 0 Å². The third-order valence-electron chi connectivity index (χ3n) is 4.83. The molecule has 0 saturated heterocycles. The number of rotatable bonds is 3. The SMILES string of the molecule is c1ccc(-c2cncc3[nH]c(-c4n[nH]c5cnc(-c6cnccn6)cc45)nc23)nc1. The summed E-state index contributed by atoms with van der Waals surface area (Å²) in [5, 5.41) is 8.37. The van der Waals surface area contributed by atoms with Gasteiger partial charge in [-0.05, 0) is 18.2 Å². The maximum atomic E-state index is 4.82. The highest BCUT2D eigenvalue weighted by Gasteiger charge is 2.17. The summed E-state index contributed by atoms with van der Waals surface area (Å²) in [4.78, 5) is 29.8. The fraction of sp³-hybridized carbons (Fsp3) is 0. The maximum Gasteiger partial charge on any atom is 0.159 e. The number of H-pyrrole nitrogens is 2.